The maximum atomic E-state index is 12.7. The van der Waals surface area contributed by atoms with Crippen LogP contribution in [0.2, 0.25) is 0 Å². The molecule has 1 heterocycles. The zero-order valence-electron chi connectivity index (χ0n) is 16.0. The van der Waals surface area contributed by atoms with E-state index in [2.05, 4.69) is 9.62 Å². The largest absolute Gasteiger partial charge is 0.497 e. The number of sulfonamides is 1. The topological polar surface area (TPSA) is 111 Å². The molecule has 2 aromatic carbocycles. The lowest BCUT2D eigenvalue weighted by atomic mass is 10.0. The highest BCUT2D eigenvalue weighted by atomic mass is 32.2. The van der Waals surface area contributed by atoms with Gasteiger partial charge in [-0.05, 0) is 23.8 Å². The van der Waals surface area contributed by atoms with Gasteiger partial charge in [-0.3, -0.25) is 15.0 Å². The normalized spacial score (nSPS) is 16.3. The summed E-state index contributed by atoms with van der Waals surface area (Å²) in [5, 5.41) is 11.0. The molecule has 0 aliphatic carbocycles. The molecule has 0 unspecified atom stereocenters. The van der Waals surface area contributed by atoms with E-state index in [0.717, 1.165) is 11.6 Å². The van der Waals surface area contributed by atoms with Crippen molar-refractivity contribution in [2.45, 2.75) is 10.9 Å². The summed E-state index contributed by atoms with van der Waals surface area (Å²) in [6.07, 6.45) is 0. The van der Waals surface area contributed by atoms with E-state index in [4.69, 9.17) is 9.47 Å². The average molecular weight is 421 g/mol. The van der Waals surface area contributed by atoms with Crippen LogP contribution in [0.1, 0.15) is 11.6 Å². The van der Waals surface area contributed by atoms with Gasteiger partial charge in [-0.15, -0.1) is 0 Å². The molecule has 1 aliphatic rings. The van der Waals surface area contributed by atoms with Crippen LogP contribution in [-0.2, 0) is 14.8 Å². The lowest BCUT2D eigenvalue weighted by Gasteiger charge is -2.35. The third-order valence-corrected chi connectivity index (χ3v) is 6.19. The third kappa shape index (κ3) is 5.30. The number of non-ortho nitro benzene ring substituents is 1. The van der Waals surface area contributed by atoms with Crippen molar-refractivity contribution in [1.82, 2.24) is 9.62 Å². The van der Waals surface area contributed by atoms with Gasteiger partial charge < -0.3 is 9.47 Å². The molecular formula is C19H23N3O6S. The molecule has 0 saturated carbocycles. The summed E-state index contributed by atoms with van der Waals surface area (Å²) in [4.78, 5) is 12.3. The second kappa shape index (κ2) is 9.31. The summed E-state index contributed by atoms with van der Waals surface area (Å²) in [6.45, 7) is 2.58. The van der Waals surface area contributed by atoms with Crippen molar-refractivity contribution in [1.29, 1.82) is 0 Å². The number of methoxy groups -OCH3 is 1. The fraction of sp³-hybridized carbons (Fsp3) is 0.368. The van der Waals surface area contributed by atoms with Gasteiger partial charge in [0, 0.05) is 37.8 Å². The monoisotopic (exact) mass is 421 g/mol. The Morgan fingerprint density at radius 1 is 1.21 bits per heavy atom. The van der Waals surface area contributed by atoms with Crippen molar-refractivity contribution in [2.24, 2.45) is 0 Å². The molecule has 10 heteroatoms. The standard InChI is InChI=1S/C19H23N3O6S/c1-27-17-6-2-4-15(12-17)19(21-8-10-28-11-9-21)14-20-29(25,26)18-7-3-5-16(13-18)22(23)24/h2-7,12-13,19-20H,8-11,14H2,1H3/t19-/m1/s1. The number of nitro groups is 1. The molecule has 1 fully saturated rings. The van der Waals surface area contributed by atoms with Crippen LogP contribution in [0, 0.1) is 10.1 Å². The third-order valence-electron chi connectivity index (χ3n) is 4.77. The highest BCUT2D eigenvalue weighted by molar-refractivity contribution is 7.89. The fourth-order valence-electron chi connectivity index (χ4n) is 3.23. The summed E-state index contributed by atoms with van der Waals surface area (Å²) in [6, 6.07) is 12.3. The van der Waals surface area contributed by atoms with Crippen molar-refractivity contribution in [3.05, 3.63) is 64.2 Å². The summed E-state index contributed by atoms with van der Waals surface area (Å²) >= 11 is 0. The van der Waals surface area contributed by atoms with Crippen LogP contribution in [0.5, 0.6) is 5.75 Å². The molecule has 1 saturated heterocycles. The fourth-order valence-corrected chi connectivity index (χ4v) is 4.31. The van der Waals surface area contributed by atoms with Crippen molar-refractivity contribution in [3.63, 3.8) is 0 Å². The van der Waals surface area contributed by atoms with Crippen molar-refractivity contribution >= 4 is 15.7 Å². The summed E-state index contributed by atoms with van der Waals surface area (Å²) in [7, 11) is -2.34. The van der Waals surface area contributed by atoms with E-state index in [9.17, 15) is 18.5 Å². The minimum Gasteiger partial charge on any atom is -0.497 e. The predicted octanol–water partition coefficient (Wildman–Crippen LogP) is 1.96. The minimum absolute atomic E-state index is 0.109. The van der Waals surface area contributed by atoms with E-state index in [0.29, 0.717) is 32.1 Å². The van der Waals surface area contributed by atoms with E-state index in [1.807, 2.05) is 24.3 Å². The van der Waals surface area contributed by atoms with Gasteiger partial charge in [0.05, 0.1) is 30.1 Å². The number of nitrogens with one attached hydrogen (secondary N) is 1. The van der Waals surface area contributed by atoms with Crippen LogP contribution in [0.3, 0.4) is 0 Å². The zero-order chi connectivity index (χ0) is 20.9. The first kappa shape index (κ1) is 21.2. The summed E-state index contributed by atoms with van der Waals surface area (Å²) in [5.74, 6) is 0.683. The van der Waals surface area contributed by atoms with E-state index in [1.54, 1.807) is 7.11 Å². The number of nitrogens with zero attached hydrogens (tertiary/aromatic N) is 2. The van der Waals surface area contributed by atoms with E-state index < -0.39 is 14.9 Å². The minimum atomic E-state index is -3.92. The van der Waals surface area contributed by atoms with Gasteiger partial charge in [0.25, 0.3) is 5.69 Å². The highest BCUT2D eigenvalue weighted by Crippen LogP contribution is 2.26. The predicted molar refractivity (Wildman–Crippen MR) is 106 cm³/mol. The number of hydrogen-bond acceptors (Lipinski definition) is 7. The Hall–Kier alpha value is -2.53. The Bertz CT molecular complexity index is 960. The molecule has 1 N–H and O–H groups in total. The highest BCUT2D eigenvalue weighted by Gasteiger charge is 2.26. The van der Waals surface area contributed by atoms with Gasteiger partial charge in [0.1, 0.15) is 5.75 Å². The Morgan fingerprint density at radius 2 is 1.93 bits per heavy atom. The number of rotatable bonds is 8. The van der Waals surface area contributed by atoms with Crippen LogP contribution >= 0.6 is 0 Å². The molecule has 0 amide bonds. The van der Waals surface area contributed by atoms with Crippen LogP contribution in [-0.4, -0.2) is 58.2 Å². The summed E-state index contributed by atoms with van der Waals surface area (Å²) in [5.41, 5.74) is 0.637. The molecule has 156 valence electrons. The number of nitro benzene ring substituents is 1. The zero-order valence-corrected chi connectivity index (χ0v) is 16.8. The van der Waals surface area contributed by atoms with Crippen LogP contribution < -0.4 is 9.46 Å². The van der Waals surface area contributed by atoms with E-state index in [1.165, 1.54) is 18.2 Å². The van der Waals surface area contributed by atoms with Crippen molar-refractivity contribution in [2.75, 3.05) is 40.0 Å². The maximum Gasteiger partial charge on any atom is 0.270 e. The quantitative estimate of drug-likeness (QED) is 0.512. The van der Waals surface area contributed by atoms with Gasteiger partial charge in [-0.25, -0.2) is 13.1 Å². The van der Waals surface area contributed by atoms with Crippen molar-refractivity contribution < 1.29 is 22.8 Å². The Labute approximate surface area is 169 Å². The average Bonchev–Trinajstić information content (AvgIpc) is 2.75. The Kier molecular flexibility index (Phi) is 6.80. The molecule has 0 aromatic heterocycles. The number of morpholine rings is 1. The van der Waals surface area contributed by atoms with Gasteiger partial charge in [-0.1, -0.05) is 18.2 Å². The van der Waals surface area contributed by atoms with Crippen LogP contribution in [0.15, 0.2) is 53.4 Å². The maximum absolute atomic E-state index is 12.7. The first-order valence-corrected chi connectivity index (χ1v) is 10.6. The first-order valence-electron chi connectivity index (χ1n) is 9.10. The lowest BCUT2D eigenvalue weighted by Crippen LogP contribution is -2.43. The molecular weight excluding hydrogens is 398 g/mol. The van der Waals surface area contributed by atoms with Gasteiger partial charge >= 0.3 is 0 Å². The molecule has 0 radical (unpaired) electrons. The number of ether oxygens (including phenoxy) is 2. The molecule has 1 atom stereocenters. The molecule has 9 nitrogen and oxygen atoms in total. The molecule has 3 rings (SSSR count). The molecule has 2 aromatic rings. The number of benzene rings is 2. The van der Waals surface area contributed by atoms with E-state index >= 15 is 0 Å². The molecule has 0 bridgehead atoms. The van der Waals surface area contributed by atoms with Gasteiger partial charge in [-0.2, -0.15) is 0 Å². The van der Waals surface area contributed by atoms with Crippen LogP contribution in [0.25, 0.3) is 0 Å². The molecule has 1 aliphatic heterocycles. The smallest absolute Gasteiger partial charge is 0.270 e. The van der Waals surface area contributed by atoms with Gasteiger partial charge in [0.2, 0.25) is 10.0 Å². The molecule has 0 spiro atoms. The first-order chi connectivity index (χ1) is 13.9. The summed E-state index contributed by atoms with van der Waals surface area (Å²) < 4.78 is 38.8. The Morgan fingerprint density at radius 3 is 2.62 bits per heavy atom. The van der Waals surface area contributed by atoms with Crippen molar-refractivity contribution in [3.8, 4) is 5.75 Å². The number of hydrogen-bond donors (Lipinski definition) is 1. The second-order valence-corrected chi connectivity index (χ2v) is 8.31. The Balaban J connectivity index is 1.83. The van der Waals surface area contributed by atoms with E-state index in [-0.39, 0.29) is 23.2 Å². The molecule has 29 heavy (non-hydrogen) atoms. The van der Waals surface area contributed by atoms with Gasteiger partial charge in [0.15, 0.2) is 0 Å². The second-order valence-electron chi connectivity index (χ2n) is 6.55. The lowest BCUT2D eigenvalue weighted by molar-refractivity contribution is -0.385. The van der Waals surface area contributed by atoms with Crippen LogP contribution in [0.4, 0.5) is 5.69 Å². The SMILES string of the molecule is COc1cccc([C@@H](CNS(=O)(=O)c2cccc([N+](=O)[O-])c2)N2CCOCC2)c1.